The van der Waals surface area contributed by atoms with Crippen molar-refractivity contribution in [1.82, 2.24) is 0 Å². The van der Waals surface area contributed by atoms with E-state index in [0.29, 0.717) is 0 Å². The largest absolute Gasteiger partial charge is 0.381 e. The molecule has 0 aromatic rings. The summed E-state index contributed by atoms with van der Waals surface area (Å²) in [5.41, 5.74) is 0. The Morgan fingerprint density at radius 3 is 1.25 bits per heavy atom. The quantitative estimate of drug-likeness (QED) is 0.413. The van der Waals surface area contributed by atoms with Gasteiger partial charge in [-0.15, -0.1) is 0 Å². The van der Waals surface area contributed by atoms with E-state index in [0.717, 1.165) is 0 Å². The summed E-state index contributed by atoms with van der Waals surface area (Å²) >= 11 is 0. The third kappa shape index (κ3) is 9.17. The Balaban J connectivity index is -0.00000000500. The predicted molar refractivity (Wildman–Crippen MR) is 17.9 cm³/mol. The monoisotopic (exact) mass is 461 g/mol. The summed E-state index contributed by atoms with van der Waals surface area (Å²) in [6.45, 7) is 0. The van der Waals surface area contributed by atoms with Crippen LogP contribution in [0.3, 0.4) is 0 Å². The van der Waals surface area contributed by atoms with Gasteiger partial charge in [-0.25, -0.2) is 0 Å². The van der Waals surface area contributed by atoms with E-state index in [4.69, 9.17) is 4.46 Å². The molecule has 0 aliphatic carbocycles. The summed E-state index contributed by atoms with van der Waals surface area (Å²) in [5.74, 6) is 0. The Kier molecular flexibility index (Phi) is 90.2. The molecule has 0 aliphatic heterocycles. The maximum absolute atomic E-state index is 8.06. The van der Waals surface area contributed by atoms with Gasteiger partial charge in [0.2, 0.25) is 0 Å². The van der Waals surface area contributed by atoms with Crippen LogP contribution >= 0.6 is 0 Å². The normalized spacial score (nSPS) is 1.00. The molecule has 0 spiro atoms. The van der Waals surface area contributed by atoms with E-state index < -0.39 is 0 Å². The van der Waals surface area contributed by atoms with Crippen LogP contribution in [0.1, 0.15) is 0 Å². The zero-order chi connectivity index (χ0) is 2.00. The van der Waals surface area contributed by atoms with Gasteiger partial charge in [-0.3, -0.25) is 0 Å². The zero-order valence-electron chi connectivity index (χ0n) is 1.86. The summed E-state index contributed by atoms with van der Waals surface area (Å²) in [4.78, 5) is 0. The Bertz CT molecular complexity index is 8.00. The van der Waals surface area contributed by atoms with Crippen LogP contribution in [0.25, 0.3) is 0 Å². The number of rotatable bonds is 0. The van der Waals surface area contributed by atoms with Crippen LogP contribution in [0.5, 0.6) is 0 Å². The van der Waals surface area contributed by atoms with Gasteiger partial charge in [-0.2, -0.15) is 0 Å². The van der Waals surface area contributed by atoms with E-state index in [1.807, 2.05) is 0 Å². The molecule has 0 N–H and O–H groups in total. The molecule has 0 aliphatic rings. The standard InChI is InChI=1S/Bi.OSi.Pb/c;1-2;. The molecular formula is BiOPbSi. The molecule has 0 aromatic heterocycles. The van der Waals surface area contributed by atoms with Crippen LogP contribution < -0.4 is 0 Å². The molecule has 4 heavy (non-hydrogen) atoms. The van der Waals surface area contributed by atoms with Crippen LogP contribution in [0.2, 0.25) is 0 Å². The maximum Gasteiger partial charge on any atom is 0.381 e. The van der Waals surface area contributed by atoms with E-state index in [1.54, 1.807) is 10.1 Å². The summed E-state index contributed by atoms with van der Waals surface area (Å²) in [5, 5.41) is 0. The first-order valence-corrected chi connectivity index (χ1v) is 0.612. The van der Waals surface area contributed by atoms with Gasteiger partial charge in [-0.1, -0.05) is 0 Å². The van der Waals surface area contributed by atoms with Crippen LogP contribution in [0.15, 0.2) is 0 Å². The predicted octanol–water partition coefficient (Wildman–Crippen LogP) is -1.26. The zero-order valence-corrected chi connectivity index (χ0v) is 10.2. The minimum atomic E-state index is 0. The van der Waals surface area contributed by atoms with Crippen LogP contribution in [0.4, 0.5) is 0 Å². The van der Waals surface area contributed by atoms with Crippen molar-refractivity contribution in [2.75, 3.05) is 0 Å². The molecule has 0 heterocycles. The van der Waals surface area contributed by atoms with Crippen molar-refractivity contribution in [3.8, 4) is 0 Å². The van der Waals surface area contributed by atoms with Crippen molar-refractivity contribution in [2.24, 2.45) is 0 Å². The second-order valence-corrected chi connectivity index (χ2v) is 0. The molecule has 0 fully saturated rings. The van der Waals surface area contributed by atoms with Gasteiger partial charge in [0.25, 0.3) is 0 Å². The maximum atomic E-state index is 8.06. The van der Waals surface area contributed by atoms with Gasteiger partial charge in [0.15, 0.2) is 0 Å². The summed E-state index contributed by atoms with van der Waals surface area (Å²) in [6.07, 6.45) is 0. The van der Waals surface area contributed by atoms with E-state index in [9.17, 15) is 0 Å². The molecule has 0 bridgehead atoms. The fourth-order valence-electron chi connectivity index (χ4n) is 0. The Labute approximate surface area is 67.3 Å². The second-order valence-electron chi connectivity index (χ2n) is 0. The molecule has 0 saturated carbocycles. The van der Waals surface area contributed by atoms with E-state index in [1.165, 1.54) is 0 Å². The molecule has 0 atom stereocenters. The molecular weight excluding hydrogens is 460 g/mol. The van der Waals surface area contributed by atoms with E-state index >= 15 is 0 Å². The smallest absolute Gasteiger partial charge is 0.381 e. The molecule has 0 amide bonds. The second kappa shape index (κ2) is 21.2. The molecule has 9 radical (unpaired) electrons. The van der Waals surface area contributed by atoms with Gasteiger partial charge < -0.3 is 4.46 Å². The molecule has 4 heteroatoms. The van der Waals surface area contributed by atoms with Crippen molar-refractivity contribution in [3.05, 3.63) is 0 Å². The van der Waals surface area contributed by atoms with Crippen molar-refractivity contribution < 1.29 is 4.46 Å². The van der Waals surface area contributed by atoms with Crippen molar-refractivity contribution >= 4 is 63.6 Å². The van der Waals surface area contributed by atoms with Gasteiger partial charge in [0.05, 0.1) is 0 Å². The van der Waals surface area contributed by atoms with Gasteiger partial charge in [0.1, 0.15) is 0 Å². The molecule has 19 valence electrons. The SMILES string of the molecule is O=[Si].[Bi].[Pb]. The average Bonchev–Trinajstić information content (AvgIpc) is 1.00. The minimum absolute atomic E-state index is 0. The molecule has 1 nitrogen and oxygen atoms in total. The summed E-state index contributed by atoms with van der Waals surface area (Å²) in [6, 6.07) is 0. The third-order valence-corrected chi connectivity index (χ3v) is 0. The Hall–Kier alpha value is 1.82. The van der Waals surface area contributed by atoms with Gasteiger partial charge in [0, 0.05) is 53.5 Å². The van der Waals surface area contributed by atoms with E-state index in [2.05, 4.69) is 0 Å². The molecule has 0 rings (SSSR count). The summed E-state index contributed by atoms with van der Waals surface area (Å²) in [7, 11) is 1.72. The fraction of sp³-hybridized carbons (Fsp3) is 0. The van der Waals surface area contributed by atoms with Crippen molar-refractivity contribution in [2.45, 2.75) is 0 Å². The minimum Gasteiger partial charge on any atom is -0.381 e. The Morgan fingerprint density at radius 1 is 1.25 bits per heavy atom. The molecule has 0 unspecified atom stereocenters. The number of hydrogen-bond donors (Lipinski definition) is 0. The first-order valence-electron chi connectivity index (χ1n) is 0.204. The van der Waals surface area contributed by atoms with Crippen molar-refractivity contribution in [3.63, 3.8) is 0 Å². The van der Waals surface area contributed by atoms with Crippen LogP contribution in [-0.2, 0) is 4.46 Å². The van der Waals surface area contributed by atoms with Crippen LogP contribution in [-0.4, -0.2) is 63.6 Å². The number of hydrogen-bond acceptors (Lipinski definition) is 1. The first kappa shape index (κ1) is 17.0. The fourth-order valence-corrected chi connectivity index (χ4v) is 0. The van der Waals surface area contributed by atoms with Crippen molar-refractivity contribution in [1.29, 1.82) is 0 Å². The third-order valence-electron chi connectivity index (χ3n) is 0. The molecule has 0 aromatic carbocycles. The average molecular weight is 460 g/mol. The summed E-state index contributed by atoms with van der Waals surface area (Å²) < 4.78 is 8.06. The van der Waals surface area contributed by atoms with Crippen LogP contribution in [0, 0.1) is 0 Å². The first-order chi connectivity index (χ1) is 1.00. The topological polar surface area (TPSA) is 17.1 Å². The van der Waals surface area contributed by atoms with E-state index in [-0.39, 0.29) is 53.5 Å². The Morgan fingerprint density at radius 2 is 1.25 bits per heavy atom. The van der Waals surface area contributed by atoms with Gasteiger partial charge >= 0.3 is 10.1 Å². The van der Waals surface area contributed by atoms with Gasteiger partial charge in [-0.05, 0) is 0 Å². The molecule has 0 saturated heterocycles.